The third kappa shape index (κ3) is 6.64. The van der Waals surface area contributed by atoms with Gasteiger partial charge < -0.3 is 14.2 Å². The summed E-state index contributed by atoms with van der Waals surface area (Å²) in [7, 11) is 0.568. The van der Waals surface area contributed by atoms with Crippen LogP contribution in [0.5, 0.6) is 0 Å². The predicted octanol–water partition coefficient (Wildman–Crippen LogP) is 3.43. The highest BCUT2D eigenvalue weighted by molar-refractivity contribution is 6.44. The van der Waals surface area contributed by atoms with Gasteiger partial charge in [0.05, 0.1) is 0 Å². The highest BCUT2D eigenvalue weighted by Gasteiger charge is 2.79. The van der Waals surface area contributed by atoms with Crippen LogP contribution in [0.2, 0.25) is 6.04 Å². The number of hydrogen-bond donors (Lipinski definition) is 1. The van der Waals surface area contributed by atoms with Crippen molar-refractivity contribution in [3.05, 3.63) is 0 Å². The van der Waals surface area contributed by atoms with E-state index >= 15 is 0 Å². The first-order valence-corrected chi connectivity index (χ1v) is 9.25. The first-order chi connectivity index (χ1) is 12.9. The SMILES string of the molecule is CO[SiH](CCCCNC(=O)C(F)(OC(F)(F)C(F)(F)C(F)(F)F)C(F)(F)F)OC. The number of halogens is 11. The second-order valence-corrected chi connectivity index (χ2v) is 7.82. The smallest absolute Gasteiger partial charge is 0.400 e. The molecule has 1 N–H and O–H groups in total. The number of ether oxygens (including phenoxy) is 1. The van der Waals surface area contributed by atoms with Crippen LogP contribution in [0.4, 0.5) is 48.3 Å². The quantitative estimate of drug-likeness (QED) is 0.283. The minimum atomic E-state index is -7.22. The minimum Gasteiger partial charge on any atom is -0.400 e. The van der Waals surface area contributed by atoms with Crippen LogP contribution >= 0.6 is 0 Å². The molecular weight excluding hydrogens is 459 g/mol. The molecule has 0 saturated carbocycles. The molecule has 5 nitrogen and oxygen atoms in total. The lowest BCUT2D eigenvalue weighted by Gasteiger charge is -2.34. The standard InChI is InChI=1S/C12H16F11NO4Si/c1-26-29(27-2)6-4-3-5-24-7(25)8(13,10(16,17)18)28-12(22,23)9(14,15)11(19,20)21/h29H,3-6H2,1-2H3,(H,24,25). The average Bonchev–Trinajstić information content (AvgIpc) is 2.55. The van der Waals surface area contributed by atoms with Crippen LogP contribution in [-0.4, -0.2) is 66.2 Å². The van der Waals surface area contributed by atoms with Crippen molar-refractivity contribution < 1.29 is 66.7 Å². The summed E-state index contributed by atoms with van der Waals surface area (Å²) in [4.78, 5) is 11.3. The summed E-state index contributed by atoms with van der Waals surface area (Å²) in [5, 5.41) is 1.17. The number of amides is 1. The Kier molecular flexibility index (Phi) is 9.33. The Bertz CT molecular complexity index is 539. The minimum absolute atomic E-state index is 0.148. The number of nitrogens with one attached hydrogen (secondary N) is 1. The molecule has 29 heavy (non-hydrogen) atoms. The molecule has 0 aliphatic carbocycles. The molecule has 1 atom stereocenters. The van der Waals surface area contributed by atoms with Crippen LogP contribution in [-0.2, 0) is 18.4 Å². The number of alkyl halides is 11. The summed E-state index contributed by atoms with van der Waals surface area (Å²) >= 11 is 0. The van der Waals surface area contributed by atoms with Crippen LogP contribution in [0.1, 0.15) is 12.8 Å². The van der Waals surface area contributed by atoms with E-state index in [0.717, 1.165) is 0 Å². The highest BCUT2D eigenvalue weighted by Crippen LogP contribution is 2.50. The van der Waals surface area contributed by atoms with Gasteiger partial charge in [-0.1, -0.05) is 0 Å². The van der Waals surface area contributed by atoms with Gasteiger partial charge >= 0.3 is 39.5 Å². The van der Waals surface area contributed by atoms with Crippen LogP contribution in [0.3, 0.4) is 0 Å². The van der Waals surface area contributed by atoms with E-state index < -0.39 is 52.0 Å². The maximum Gasteiger partial charge on any atom is 0.462 e. The van der Waals surface area contributed by atoms with E-state index in [-0.39, 0.29) is 18.9 Å². The largest absolute Gasteiger partial charge is 0.462 e. The number of carbonyl (C=O) groups is 1. The fourth-order valence-corrected chi connectivity index (χ4v) is 3.01. The van der Waals surface area contributed by atoms with E-state index in [1.54, 1.807) is 0 Å². The molecule has 0 aromatic carbocycles. The molecule has 174 valence electrons. The Labute approximate surface area is 158 Å². The van der Waals surface area contributed by atoms with Crippen LogP contribution < -0.4 is 5.32 Å². The van der Waals surface area contributed by atoms with Crippen molar-refractivity contribution in [3.8, 4) is 0 Å². The van der Waals surface area contributed by atoms with Gasteiger partial charge in [-0.05, 0) is 18.9 Å². The zero-order valence-corrected chi connectivity index (χ0v) is 15.9. The molecule has 0 aromatic rings. The summed E-state index contributed by atoms with van der Waals surface area (Å²) in [6.45, 7) is -0.764. The number of hydrogen-bond acceptors (Lipinski definition) is 4. The molecule has 0 aliphatic rings. The Morgan fingerprint density at radius 1 is 0.828 bits per heavy atom. The van der Waals surface area contributed by atoms with Gasteiger partial charge in [0.25, 0.3) is 5.91 Å². The van der Waals surface area contributed by atoms with E-state index in [2.05, 4.69) is 4.74 Å². The third-order valence-corrected chi connectivity index (χ3v) is 5.26. The predicted molar refractivity (Wildman–Crippen MR) is 75.1 cm³/mol. The summed E-state index contributed by atoms with van der Waals surface area (Å²) in [5.41, 5.74) is 0. The van der Waals surface area contributed by atoms with E-state index in [1.807, 2.05) is 0 Å². The van der Waals surface area contributed by atoms with E-state index in [0.29, 0.717) is 0 Å². The molecule has 17 heteroatoms. The first-order valence-electron chi connectivity index (χ1n) is 7.49. The van der Waals surface area contributed by atoms with E-state index in [1.165, 1.54) is 19.5 Å². The molecule has 0 heterocycles. The third-order valence-electron chi connectivity index (χ3n) is 3.32. The molecule has 0 spiro atoms. The van der Waals surface area contributed by atoms with Crippen molar-refractivity contribution in [2.24, 2.45) is 0 Å². The Morgan fingerprint density at radius 2 is 1.31 bits per heavy atom. The second-order valence-electron chi connectivity index (χ2n) is 5.44. The van der Waals surface area contributed by atoms with Gasteiger partial charge in [-0.3, -0.25) is 9.53 Å². The van der Waals surface area contributed by atoms with E-state index in [9.17, 15) is 53.1 Å². The lowest BCUT2D eigenvalue weighted by Crippen LogP contribution is -2.63. The molecule has 1 unspecified atom stereocenters. The average molecular weight is 475 g/mol. The maximum absolute atomic E-state index is 13.9. The van der Waals surface area contributed by atoms with Gasteiger partial charge in [-0.25, -0.2) is 0 Å². The highest BCUT2D eigenvalue weighted by atomic mass is 28.3. The van der Waals surface area contributed by atoms with Gasteiger partial charge in [0, 0.05) is 20.8 Å². The molecule has 0 fully saturated rings. The number of carbonyl (C=O) groups excluding carboxylic acids is 1. The molecular formula is C12H16F11NO4Si. The molecule has 0 bridgehead atoms. The zero-order chi connectivity index (χ0) is 23.3. The molecule has 0 saturated heterocycles. The molecule has 0 rings (SSSR count). The topological polar surface area (TPSA) is 56.8 Å². The fraction of sp³-hybridized carbons (Fsp3) is 0.917. The van der Waals surface area contributed by atoms with Crippen molar-refractivity contribution in [1.29, 1.82) is 0 Å². The summed E-state index contributed by atoms with van der Waals surface area (Å²) in [6, 6.07) is 0.287. The van der Waals surface area contributed by atoms with Crippen LogP contribution in [0, 0.1) is 0 Å². The Hall–Kier alpha value is -1.20. The van der Waals surface area contributed by atoms with Crippen molar-refractivity contribution in [2.45, 2.75) is 49.1 Å². The van der Waals surface area contributed by atoms with Gasteiger partial charge in [0.2, 0.25) is 0 Å². The summed E-state index contributed by atoms with van der Waals surface area (Å²) < 4.78 is 151. The molecule has 1 amide bonds. The fourth-order valence-electron chi connectivity index (χ4n) is 1.72. The van der Waals surface area contributed by atoms with Gasteiger partial charge in [0.15, 0.2) is 0 Å². The van der Waals surface area contributed by atoms with Crippen LogP contribution in [0.25, 0.3) is 0 Å². The van der Waals surface area contributed by atoms with Crippen molar-refractivity contribution >= 4 is 15.2 Å². The van der Waals surface area contributed by atoms with Crippen LogP contribution in [0.15, 0.2) is 0 Å². The monoisotopic (exact) mass is 475 g/mol. The molecule has 0 radical (unpaired) electrons. The normalized spacial score (nSPS) is 16.1. The molecule has 0 aliphatic heterocycles. The summed E-state index contributed by atoms with van der Waals surface area (Å²) in [6.07, 6.45) is -20.8. The molecule has 0 aromatic heterocycles. The maximum atomic E-state index is 13.9. The lowest BCUT2D eigenvalue weighted by molar-refractivity contribution is -0.472. The van der Waals surface area contributed by atoms with Crippen molar-refractivity contribution in [1.82, 2.24) is 5.32 Å². The first kappa shape index (κ1) is 27.8. The van der Waals surface area contributed by atoms with Gasteiger partial charge in [0.1, 0.15) is 0 Å². The van der Waals surface area contributed by atoms with Crippen molar-refractivity contribution in [2.75, 3.05) is 20.8 Å². The number of unbranched alkanes of at least 4 members (excludes halogenated alkanes) is 1. The zero-order valence-electron chi connectivity index (χ0n) is 14.7. The summed E-state index contributed by atoms with van der Waals surface area (Å²) in [5.74, 6) is -16.4. The Balaban J connectivity index is 5.27. The lowest BCUT2D eigenvalue weighted by atomic mass is 10.2. The van der Waals surface area contributed by atoms with Crippen molar-refractivity contribution in [3.63, 3.8) is 0 Å². The van der Waals surface area contributed by atoms with Gasteiger partial charge in [-0.2, -0.15) is 48.3 Å². The van der Waals surface area contributed by atoms with Gasteiger partial charge in [-0.15, -0.1) is 0 Å². The Morgan fingerprint density at radius 3 is 1.69 bits per heavy atom. The second kappa shape index (κ2) is 9.74. The number of rotatable bonds is 11. The van der Waals surface area contributed by atoms with E-state index in [4.69, 9.17) is 8.85 Å².